The van der Waals surface area contributed by atoms with Gasteiger partial charge in [0.2, 0.25) is 11.8 Å². The van der Waals surface area contributed by atoms with Crippen LogP contribution in [0.2, 0.25) is 0 Å². The second-order valence-electron chi connectivity index (χ2n) is 16.9. The molecule has 0 aromatic heterocycles. The first kappa shape index (κ1) is 58.4. The van der Waals surface area contributed by atoms with E-state index >= 15 is 0 Å². The second kappa shape index (κ2) is 44.8. The molecule has 0 aromatic carbocycles. The lowest BCUT2D eigenvalue weighted by Crippen LogP contribution is -2.40. The van der Waals surface area contributed by atoms with Crippen molar-refractivity contribution < 1.29 is 30.0 Å². The van der Waals surface area contributed by atoms with Gasteiger partial charge in [-0.3, -0.25) is 9.59 Å². The van der Waals surface area contributed by atoms with Gasteiger partial charge >= 0.3 is 0 Å². The molecule has 0 aliphatic carbocycles. The summed E-state index contributed by atoms with van der Waals surface area (Å²) < 4.78 is 0. The molecule has 4 unspecified atom stereocenters. The van der Waals surface area contributed by atoms with Crippen LogP contribution in [-0.2, 0) is 9.59 Å². The molecule has 0 saturated heterocycles. The van der Waals surface area contributed by atoms with Crippen molar-refractivity contribution in [2.24, 2.45) is 11.8 Å². The van der Waals surface area contributed by atoms with Gasteiger partial charge < -0.3 is 30.2 Å². The number of allylic oxidation sites excluding steroid dienone is 3. The maximum Gasteiger partial charge on any atom is 0.222 e. The van der Waals surface area contributed by atoms with Crippen LogP contribution in [0.3, 0.4) is 0 Å². The van der Waals surface area contributed by atoms with Crippen LogP contribution in [0.25, 0.3) is 0 Å². The fraction of sp³-hybridized carbons (Fsp3) is 0.880. The highest BCUT2D eigenvalue weighted by Crippen LogP contribution is 2.21. The molecule has 0 aliphatic heterocycles. The third-order valence-electron chi connectivity index (χ3n) is 11.4. The van der Waals surface area contributed by atoms with Gasteiger partial charge in [0.15, 0.2) is 0 Å². The summed E-state index contributed by atoms with van der Waals surface area (Å²) in [6.07, 6.45) is 39.1. The Balaban J connectivity index is 0. The van der Waals surface area contributed by atoms with E-state index in [1.165, 1.54) is 109 Å². The highest BCUT2D eigenvalue weighted by atomic mass is 16.3. The first-order valence-electron chi connectivity index (χ1n) is 24.6. The number of hydrogen-bond donors (Lipinski definition) is 4. The molecule has 4 N–H and O–H groups in total. The largest absolute Gasteiger partial charge is 0.394 e. The molecule has 8 heteroatoms. The molecular weight excluding hydrogens is 725 g/mol. The molecule has 2 amide bonds. The first-order chi connectivity index (χ1) is 28.2. The normalized spacial score (nSPS) is 13.7. The third kappa shape index (κ3) is 37.3. The van der Waals surface area contributed by atoms with Gasteiger partial charge in [0.05, 0.1) is 25.4 Å². The van der Waals surface area contributed by atoms with E-state index in [-0.39, 0.29) is 38.1 Å². The Morgan fingerprint density at radius 2 is 0.793 bits per heavy atom. The fourth-order valence-corrected chi connectivity index (χ4v) is 7.29. The van der Waals surface area contributed by atoms with Crippen molar-refractivity contribution in [3.63, 3.8) is 0 Å². The Labute approximate surface area is 359 Å². The van der Waals surface area contributed by atoms with Crippen molar-refractivity contribution in [1.82, 2.24) is 9.80 Å². The van der Waals surface area contributed by atoms with Crippen molar-refractivity contribution in [3.05, 3.63) is 24.3 Å². The average molecular weight is 823 g/mol. The van der Waals surface area contributed by atoms with Crippen LogP contribution in [0.4, 0.5) is 0 Å². The molecule has 4 atom stereocenters. The van der Waals surface area contributed by atoms with Gasteiger partial charge in [-0.25, -0.2) is 0 Å². The van der Waals surface area contributed by atoms with Crippen molar-refractivity contribution in [1.29, 1.82) is 0 Å². The number of carbonyl (C=O) groups is 2. The molecule has 8 nitrogen and oxygen atoms in total. The summed E-state index contributed by atoms with van der Waals surface area (Å²) in [5.74, 6) is 1.09. The Morgan fingerprint density at radius 1 is 0.448 bits per heavy atom. The van der Waals surface area contributed by atoms with Crippen LogP contribution in [0.1, 0.15) is 221 Å². The number of aliphatic hydroxyl groups excluding tert-OH is 4. The second-order valence-corrected chi connectivity index (χ2v) is 16.9. The molecule has 344 valence electrons. The summed E-state index contributed by atoms with van der Waals surface area (Å²) in [6, 6.07) is 0. The lowest BCUT2D eigenvalue weighted by molar-refractivity contribution is -0.134. The highest BCUT2D eigenvalue weighted by Gasteiger charge is 2.21. The number of aliphatic hydroxyl groups is 4. The molecular formula is C50H98N2O6. The molecule has 0 spiro atoms. The fourth-order valence-electron chi connectivity index (χ4n) is 7.29. The smallest absolute Gasteiger partial charge is 0.222 e. The predicted molar refractivity (Wildman–Crippen MR) is 248 cm³/mol. The van der Waals surface area contributed by atoms with Crippen LogP contribution < -0.4 is 0 Å². The zero-order chi connectivity index (χ0) is 43.5. The zero-order valence-electron chi connectivity index (χ0n) is 39.2. The predicted octanol–water partition coefficient (Wildman–Crippen LogP) is 11.7. The number of hydrogen-bond acceptors (Lipinski definition) is 6. The number of unbranched alkanes of at least 4 members (excludes halogenated alkanes) is 16. The molecule has 58 heavy (non-hydrogen) atoms. The lowest BCUT2D eigenvalue weighted by atomic mass is 9.94. The minimum Gasteiger partial charge on any atom is -0.394 e. The summed E-state index contributed by atoms with van der Waals surface area (Å²) in [4.78, 5) is 29.1. The van der Waals surface area contributed by atoms with E-state index < -0.39 is 12.2 Å². The summed E-state index contributed by atoms with van der Waals surface area (Å²) in [5, 5.41) is 38.0. The van der Waals surface area contributed by atoms with Crippen LogP contribution in [-0.4, -0.2) is 93.6 Å². The average Bonchev–Trinajstić information content (AvgIpc) is 3.23. The van der Waals surface area contributed by atoms with Crippen molar-refractivity contribution in [3.8, 4) is 0 Å². The Kier molecular flexibility index (Phi) is 45.1. The Morgan fingerprint density at radius 3 is 1.22 bits per heavy atom. The van der Waals surface area contributed by atoms with E-state index in [0.29, 0.717) is 37.8 Å². The third-order valence-corrected chi connectivity index (χ3v) is 11.4. The van der Waals surface area contributed by atoms with Crippen LogP contribution in [0.5, 0.6) is 0 Å². The van der Waals surface area contributed by atoms with Crippen molar-refractivity contribution in [2.75, 3.05) is 39.4 Å². The van der Waals surface area contributed by atoms with E-state index in [1.807, 2.05) is 0 Å². The summed E-state index contributed by atoms with van der Waals surface area (Å²) in [5.41, 5.74) is 0. The number of amides is 2. The molecule has 0 saturated carbocycles. The molecule has 0 rings (SSSR count). The highest BCUT2D eigenvalue weighted by molar-refractivity contribution is 5.77. The van der Waals surface area contributed by atoms with Gasteiger partial charge in [0.1, 0.15) is 0 Å². The van der Waals surface area contributed by atoms with E-state index in [0.717, 1.165) is 57.8 Å². The van der Waals surface area contributed by atoms with E-state index in [1.54, 1.807) is 9.80 Å². The minimum absolute atomic E-state index is 0.118. The van der Waals surface area contributed by atoms with E-state index in [2.05, 4.69) is 65.8 Å². The molecule has 0 aromatic rings. The molecule has 0 fully saturated rings. The lowest BCUT2D eigenvalue weighted by Gasteiger charge is -2.26. The van der Waals surface area contributed by atoms with Gasteiger partial charge in [-0.1, -0.05) is 175 Å². The number of rotatable bonds is 40. The van der Waals surface area contributed by atoms with Crippen molar-refractivity contribution >= 4 is 11.8 Å². The summed E-state index contributed by atoms with van der Waals surface area (Å²) in [6.45, 7) is 14.3. The monoisotopic (exact) mass is 823 g/mol. The maximum absolute atomic E-state index is 12.8. The van der Waals surface area contributed by atoms with Crippen LogP contribution >= 0.6 is 0 Å². The van der Waals surface area contributed by atoms with Crippen LogP contribution in [0.15, 0.2) is 24.3 Å². The molecule has 0 heterocycles. The Hall–Kier alpha value is -1.74. The summed E-state index contributed by atoms with van der Waals surface area (Å²) in [7, 11) is 0. The topological polar surface area (TPSA) is 122 Å². The van der Waals surface area contributed by atoms with Crippen LogP contribution in [0, 0.1) is 11.8 Å². The van der Waals surface area contributed by atoms with Gasteiger partial charge in [-0.15, -0.1) is 0 Å². The zero-order valence-corrected chi connectivity index (χ0v) is 39.2. The van der Waals surface area contributed by atoms with E-state index in [9.17, 15) is 24.9 Å². The maximum atomic E-state index is 12.8. The molecule has 0 radical (unpaired) electrons. The van der Waals surface area contributed by atoms with E-state index in [4.69, 9.17) is 5.11 Å². The molecule has 0 aliphatic rings. The quantitative estimate of drug-likeness (QED) is 0.0361. The minimum atomic E-state index is -0.856. The SMILES string of the molecule is CCCCCC=CCCCN(CC(O)CO)C(=O)CC(CC)CCCCC.CCCCCCCCCCC=CCCN(CC(O)CO)C(=O)CC(CC)CCCCC. The van der Waals surface area contributed by atoms with Gasteiger partial charge in [-0.05, 0) is 69.6 Å². The first-order valence-corrected chi connectivity index (χ1v) is 24.6. The standard InChI is InChI=1S/C27H53NO3.C23H45NO3/c1-4-7-9-10-11-12-13-14-15-16-17-19-21-28(23-26(30)24-29)27(31)22-25(6-3)20-18-8-5-2;1-4-7-9-10-11-12-13-15-17-24(19-22(26)20-25)23(27)18-21(6-3)16-14-8-5-2/h16-17,25-26,29-30H,4-15,18-24H2,1-3H3;11-12,21-22,25-26H,4-10,13-20H2,1-3H3. The van der Waals surface area contributed by atoms with Gasteiger partial charge in [-0.2, -0.15) is 0 Å². The summed E-state index contributed by atoms with van der Waals surface area (Å²) >= 11 is 0. The molecule has 0 bridgehead atoms. The Bertz CT molecular complexity index is 943. The number of carbonyl (C=O) groups excluding carboxylic acids is 2. The number of nitrogens with zero attached hydrogens (tertiary/aromatic N) is 2. The van der Waals surface area contributed by atoms with Gasteiger partial charge in [0, 0.05) is 39.0 Å². The van der Waals surface area contributed by atoms with Crippen molar-refractivity contribution in [2.45, 2.75) is 234 Å². The van der Waals surface area contributed by atoms with Gasteiger partial charge in [0.25, 0.3) is 0 Å².